The molecule has 2 aromatic rings. The van der Waals surface area contributed by atoms with Gasteiger partial charge in [-0.2, -0.15) is 0 Å². The van der Waals surface area contributed by atoms with Crippen molar-refractivity contribution in [2.24, 2.45) is 7.05 Å². The van der Waals surface area contributed by atoms with Crippen molar-refractivity contribution in [2.75, 3.05) is 6.54 Å². The topological polar surface area (TPSA) is 67.2 Å². The number of benzene rings is 1. The molecule has 6 nitrogen and oxygen atoms in total. The predicted molar refractivity (Wildman–Crippen MR) is 116 cm³/mol. The number of nitrogens with one attached hydrogen (secondary N) is 1. The molecule has 2 atom stereocenters. The Morgan fingerprint density at radius 2 is 2.07 bits per heavy atom. The van der Waals surface area contributed by atoms with E-state index in [1.807, 2.05) is 22.7 Å². The predicted octanol–water partition coefficient (Wildman–Crippen LogP) is 3.45. The van der Waals surface area contributed by atoms with E-state index in [1.54, 1.807) is 6.20 Å². The van der Waals surface area contributed by atoms with Gasteiger partial charge < -0.3 is 14.8 Å². The number of rotatable bonds is 6. The fourth-order valence-electron chi connectivity index (χ4n) is 4.97. The smallest absolute Gasteiger partial charge is 0.223 e. The first-order valence-corrected chi connectivity index (χ1v) is 11.1. The molecular weight excluding hydrogens is 376 g/mol. The molecule has 0 spiro atoms. The summed E-state index contributed by atoms with van der Waals surface area (Å²) < 4.78 is 2.02. The van der Waals surface area contributed by atoms with Gasteiger partial charge in [-0.25, -0.2) is 4.98 Å². The van der Waals surface area contributed by atoms with E-state index in [9.17, 15) is 9.59 Å². The van der Waals surface area contributed by atoms with Crippen molar-refractivity contribution in [1.29, 1.82) is 0 Å². The molecule has 0 aliphatic carbocycles. The SMILES string of the molecule is Cc1ccc(C[C@@]2(CCC(=O)N3CCCC[C@H]3c3nccn3C)CCC(=O)N2)cc1. The van der Waals surface area contributed by atoms with Crippen molar-refractivity contribution < 1.29 is 9.59 Å². The average molecular weight is 409 g/mol. The first-order chi connectivity index (χ1) is 14.5. The third kappa shape index (κ3) is 4.42. The van der Waals surface area contributed by atoms with E-state index >= 15 is 0 Å². The Morgan fingerprint density at radius 3 is 2.73 bits per heavy atom. The van der Waals surface area contributed by atoms with Crippen LogP contribution < -0.4 is 5.32 Å². The highest BCUT2D eigenvalue weighted by Crippen LogP contribution is 2.33. The number of carbonyl (C=O) groups is 2. The van der Waals surface area contributed by atoms with Crippen molar-refractivity contribution in [3.8, 4) is 0 Å². The molecule has 0 radical (unpaired) electrons. The van der Waals surface area contributed by atoms with E-state index < -0.39 is 0 Å². The quantitative estimate of drug-likeness (QED) is 0.796. The van der Waals surface area contributed by atoms with Crippen LogP contribution in [0.2, 0.25) is 0 Å². The molecule has 2 amide bonds. The lowest BCUT2D eigenvalue weighted by molar-refractivity contribution is -0.136. The van der Waals surface area contributed by atoms with Crippen LogP contribution in [0.1, 0.15) is 67.9 Å². The number of aryl methyl sites for hydroxylation is 2. The van der Waals surface area contributed by atoms with Crippen LogP contribution in [0.4, 0.5) is 0 Å². The van der Waals surface area contributed by atoms with E-state index in [2.05, 4.69) is 41.5 Å². The van der Waals surface area contributed by atoms with Crippen LogP contribution in [-0.4, -0.2) is 38.3 Å². The van der Waals surface area contributed by atoms with Crippen molar-refractivity contribution in [3.05, 3.63) is 53.6 Å². The number of piperidine rings is 1. The third-order valence-electron chi connectivity index (χ3n) is 6.70. The van der Waals surface area contributed by atoms with Gasteiger partial charge in [0.1, 0.15) is 5.82 Å². The van der Waals surface area contributed by atoms with Crippen molar-refractivity contribution in [2.45, 2.75) is 69.9 Å². The van der Waals surface area contributed by atoms with Crippen LogP contribution in [0.15, 0.2) is 36.7 Å². The molecule has 2 aliphatic heterocycles. The molecule has 1 aromatic heterocycles. The van der Waals surface area contributed by atoms with Gasteiger partial charge in [0.2, 0.25) is 11.8 Å². The summed E-state index contributed by atoms with van der Waals surface area (Å²) in [5.41, 5.74) is 2.11. The Balaban J connectivity index is 1.46. The number of nitrogens with zero attached hydrogens (tertiary/aromatic N) is 3. The fourth-order valence-corrected chi connectivity index (χ4v) is 4.97. The number of hydrogen-bond acceptors (Lipinski definition) is 3. The molecule has 6 heteroatoms. The number of amides is 2. The summed E-state index contributed by atoms with van der Waals surface area (Å²) in [4.78, 5) is 31.9. The van der Waals surface area contributed by atoms with E-state index in [4.69, 9.17) is 0 Å². The van der Waals surface area contributed by atoms with Crippen molar-refractivity contribution in [3.63, 3.8) is 0 Å². The maximum atomic E-state index is 13.3. The standard InChI is InChI=1S/C24H32N4O2/c1-18-6-8-19(9-7-18)17-24(12-10-21(29)26-24)13-11-22(30)28-15-4-3-5-20(28)23-25-14-16-27(23)2/h6-9,14,16,20H,3-5,10-13,15,17H2,1-2H3,(H,26,29)/t20-,24-/m0/s1. The highest BCUT2D eigenvalue weighted by Gasteiger charge is 2.39. The number of carbonyl (C=O) groups excluding carboxylic acids is 2. The van der Waals surface area contributed by atoms with Gasteiger partial charge in [-0.3, -0.25) is 9.59 Å². The number of hydrogen-bond donors (Lipinski definition) is 1. The van der Waals surface area contributed by atoms with Crippen LogP contribution in [0.25, 0.3) is 0 Å². The molecule has 3 heterocycles. The van der Waals surface area contributed by atoms with Crippen molar-refractivity contribution >= 4 is 11.8 Å². The molecule has 1 aromatic carbocycles. The second kappa shape index (κ2) is 8.62. The molecular formula is C24H32N4O2. The Hall–Kier alpha value is -2.63. The first kappa shape index (κ1) is 20.6. The molecule has 2 aliphatic rings. The lowest BCUT2D eigenvalue weighted by atomic mass is 9.84. The van der Waals surface area contributed by atoms with Gasteiger partial charge in [-0.05, 0) is 51.0 Å². The molecule has 0 unspecified atom stereocenters. The minimum atomic E-state index is -0.323. The van der Waals surface area contributed by atoms with Crippen LogP contribution in [0.5, 0.6) is 0 Å². The highest BCUT2D eigenvalue weighted by molar-refractivity contribution is 5.80. The van der Waals surface area contributed by atoms with Crippen LogP contribution in [-0.2, 0) is 23.1 Å². The first-order valence-electron chi connectivity index (χ1n) is 11.1. The van der Waals surface area contributed by atoms with E-state index in [-0.39, 0.29) is 23.4 Å². The normalized spacial score (nSPS) is 24.1. The molecule has 2 saturated heterocycles. The zero-order chi connectivity index (χ0) is 21.1. The summed E-state index contributed by atoms with van der Waals surface area (Å²) in [5, 5.41) is 3.21. The summed E-state index contributed by atoms with van der Waals surface area (Å²) in [6.07, 6.45) is 10.1. The van der Waals surface area contributed by atoms with Crippen LogP contribution >= 0.6 is 0 Å². The van der Waals surface area contributed by atoms with Gasteiger partial charge >= 0.3 is 0 Å². The molecule has 2 fully saturated rings. The van der Waals surface area contributed by atoms with Crippen LogP contribution in [0.3, 0.4) is 0 Å². The minimum Gasteiger partial charge on any atom is -0.350 e. The summed E-state index contributed by atoms with van der Waals surface area (Å²) in [6.45, 7) is 2.86. The summed E-state index contributed by atoms with van der Waals surface area (Å²) in [6, 6.07) is 8.53. The van der Waals surface area contributed by atoms with E-state index in [1.165, 1.54) is 11.1 Å². The van der Waals surface area contributed by atoms with E-state index in [0.29, 0.717) is 19.3 Å². The molecule has 30 heavy (non-hydrogen) atoms. The Morgan fingerprint density at radius 1 is 1.27 bits per heavy atom. The second-order valence-electron chi connectivity index (χ2n) is 8.99. The van der Waals surface area contributed by atoms with Gasteiger partial charge in [-0.15, -0.1) is 0 Å². The fraction of sp³-hybridized carbons (Fsp3) is 0.542. The lowest BCUT2D eigenvalue weighted by Crippen LogP contribution is -2.46. The Kier molecular flexibility index (Phi) is 5.93. The van der Waals surface area contributed by atoms with Gasteiger partial charge in [0, 0.05) is 44.4 Å². The zero-order valence-electron chi connectivity index (χ0n) is 18.1. The lowest BCUT2D eigenvalue weighted by Gasteiger charge is -2.36. The van der Waals surface area contributed by atoms with Crippen LogP contribution in [0, 0.1) is 6.92 Å². The largest absolute Gasteiger partial charge is 0.350 e. The molecule has 160 valence electrons. The number of imidazole rings is 1. The molecule has 0 bridgehead atoms. The molecule has 0 saturated carbocycles. The monoisotopic (exact) mass is 408 g/mol. The molecule has 4 rings (SSSR count). The third-order valence-corrected chi connectivity index (χ3v) is 6.70. The number of aromatic nitrogens is 2. The van der Waals surface area contributed by atoms with Gasteiger partial charge in [0.05, 0.1) is 6.04 Å². The van der Waals surface area contributed by atoms with Gasteiger partial charge in [0.25, 0.3) is 0 Å². The Bertz CT molecular complexity index is 904. The van der Waals surface area contributed by atoms with E-state index in [0.717, 1.165) is 44.5 Å². The average Bonchev–Trinajstić information content (AvgIpc) is 3.34. The zero-order valence-corrected chi connectivity index (χ0v) is 18.1. The summed E-state index contributed by atoms with van der Waals surface area (Å²) in [7, 11) is 1.99. The Labute approximate surface area is 178 Å². The van der Waals surface area contributed by atoms with Gasteiger partial charge in [0.15, 0.2) is 0 Å². The second-order valence-corrected chi connectivity index (χ2v) is 8.99. The number of likely N-dealkylation sites (tertiary alicyclic amines) is 1. The maximum absolute atomic E-state index is 13.3. The highest BCUT2D eigenvalue weighted by atomic mass is 16.2. The summed E-state index contributed by atoms with van der Waals surface area (Å²) >= 11 is 0. The minimum absolute atomic E-state index is 0.0532. The summed E-state index contributed by atoms with van der Waals surface area (Å²) in [5.74, 6) is 1.23. The maximum Gasteiger partial charge on any atom is 0.223 e. The van der Waals surface area contributed by atoms with Crippen molar-refractivity contribution in [1.82, 2.24) is 19.8 Å². The van der Waals surface area contributed by atoms with Gasteiger partial charge in [-0.1, -0.05) is 29.8 Å². The molecule has 1 N–H and O–H groups in total.